The number of carbonyl (C=O) groups excluding carboxylic acids is 1. The molecule has 126 valence electrons. The van der Waals surface area contributed by atoms with E-state index in [4.69, 9.17) is 4.74 Å². The number of ether oxygens (including phenoxy) is 1. The van der Waals surface area contributed by atoms with Crippen molar-refractivity contribution in [2.45, 2.75) is 17.9 Å². The van der Waals surface area contributed by atoms with Crippen LogP contribution < -0.4 is 10.2 Å². The smallest absolute Gasteiger partial charge is 0.252 e. The van der Waals surface area contributed by atoms with Crippen LogP contribution in [-0.4, -0.2) is 24.5 Å². The van der Waals surface area contributed by atoms with Gasteiger partial charge in [-0.1, -0.05) is 46.3 Å². The molecule has 1 N–H and O–H groups in total. The number of hydrazone groups is 1. The van der Waals surface area contributed by atoms with Gasteiger partial charge in [-0.3, -0.25) is 4.79 Å². The Kier molecular flexibility index (Phi) is 7.34. The van der Waals surface area contributed by atoms with E-state index in [0.717, 1.165) is 15.8 Å². The van der Waals surface area contributed by atoms with Gasteiger partial charge in [0.2, 0.25) is 0 Å². The molecule has 0 aromatic heterocycles. The van der Waals surface area contributed by atoms with Crippen LogP contribution in [0.1, 0.15) is 18.1 Å². The quantitative estimate of drug-likeness (QED) is 0.552. The maximum absolute atomic E-state index is 12.1. The first kappa shape index (κ1) is 18.5. The Bertz CT molecular complexity index is 707. The summed E-state index contributed by atoms with van der Waals surface area (Å²) in [6, 6.07) is 15.7. The topological polar surface area (TPSA) is 50.7 Å². The fourth-order valence-electron chi connectivity index (χ4n) is 1.93. The fourth-order valence-corrected chi connectivity index (χ4v) is 3.15. The molecule has 0 radical (unpaired) electrons. The van der Waals surface area contributed by atoms with E-state index in [0.29, 0.717) is 5.75 Å². The minimum absolute atomic E-state index is 0.124. The van der Waals surface area contributed by atoms with E-state index in [1.165, 1.54) is 5.56 Å². The summed E-state index contributed by atoms with van der Waals surface area (Å²) in [6.07, 6.45) is 1.58. The normalized spacial score (nSPS) is 12.1. The van der Waals surface area contributed by atoms with E-state index < -0.39 is 0 Å². The maximum Gasteiger partial charge on any atom is 0.252 e. The van der Waals surface area contributed by atoms with Gasteiger partial charge < -0.3 is 4.74 Å². The average Bonchev–Trinajstić information content (AvgIpc) is 2.60. The van der Waals surface area contributed by atoms with Crippen molar-refractivity contribution in [2.75, 3.05) is 7.11 Å². The Morgan fingerprint density at radius 2 is 2.08 bits per heavy atom. The van der Waals surface area contributed by atoms with E-state index in [1.54, 1.807) is 25.1 Å². The highest BCUT2D eigenvalue weighted by atomic mass is 79.9. The highest BCUT2D eigenvalue weighted by Gasteiger charge is 2.12. The Morgan fingerprint density at radius 3 is 2.79 bits per heavy atom. The van der Waals surface area contributed by atoms with Crippen molar-refractivity contribution < 1.29 is 9.53 Å². The molecule has 2 rings (SSSR count). The number of halogens is 1. The van der Waals surface area contributed by atoms with E-state index in [-0.39, 0.29) is 11.2 Å². The van der Waals surface area contributed by atoms with Gasteiger partial charge in [-0.15, -0.1) is 11.8 Å². The summed E-state index contributed by atoms with van der Waals surface area (Å²) in [4.78, 5) is 12.1. The summed E-state index contributed by atoms with van der Waals surface area (Å²) >= 11 is 4.98. The zero-order valence-electron chi connectivity index (χ0n) is 13.5. The molecule has 0 saturated heterocycles. The largest absolute Gasteiger partial charge is 0.496 e. The van der Waals surface area contributed by atoms with Crippen molar-refractivity contribution in [3.05, 3.63) is 64.1 Å². The number of hydrogen-bond acceptors (Lipinski definition) is 4. The molecule has 24 heavy (non-hydrogen) atoms. The van der Waals surface area contributed by atoms with Crippen LogP contribution in [-0.2, 0) is 10.5 Å². The van der Waals surface area contributed by atoms with Gasteiger partial charge in [0, 0.05) is 15.8 Å². The van der Waals surface area contributed by atoms with Crippen LogP contribution in [0.2, 0.25) is 0 Å². The van der Waals surface area contributed by atoms with Gasteiger partial charge in [-0.2, -0.15) is 5.10 Å². The van der Waals surface area contributed by atoms with Crippen LogP contribution in [0.4, 0.5) is 0 Å². The van der Waals surface area contributed by atoms with E-state index in [2.05, 4.69) is 38.6 Å². The molecule has 2 aromatic carbocycles. The Labute approximate surface area is 154 Å². The highest BCUT2D eigenvalue weighted by Crippen LogP contribution is 2.21. The van der Waals surface area contributed by atoms with Crippen molar-refractivity contribution in [2.24, 2.45) is 5.10 Å². The molecule has 0 aliphatic carbocycles. The number of methoxy groups -OCH3 is 1. The lowest BCUT2D eigenvalue weighted by atomic mass is 10.2. The second-order valence-electron chi connectivity index (χ2n) is 5.06. The Hall–Kier alpha value is -1.79. The van der Waals surface area contributed by atoms with Crippen LogP contribution in [0.25, 0.3) is 0 Å². The minimum Gasteiger partial charge on any atom is -0.496 e. The number of rotatable bonds is 7. The molecule has 1 unspecified atom stereocenters. The maximum atomic E-state index is 12.1. The third-order valence-corrected chi connectivity index (χ3v) is 4.99. The average molecular weight is 407 g/mol. The van der Waals surface area contributed by atoms with Crippen molar-refractivity contribution in [3.63, 3.8) is 0 Å². The van der Waals surface area contributed by atoms with Crippen molar-refractivity contribution >= 4 is 39.8 Å². The first-order chi connectivity index (χ1) is 11.6. The van der Waals surface area contributed by atoms with E-state index in [9.17, 15) is 4.79 Å². The van der Waals surface area contributed by atoms with Gasteiger partial charge in [-0.25, -0.2) is 5.43 Å². The fraction of sp³-hybridized carbons (Fsp3) is 0.222. The number of hydrogen-bond donors (Lipinski definition) is 1. The van der Waals surface area contributed by atoms with Crippen LogP contribution in [0.5, 0.6) is 5.75 Å². The molecule has 0 fully saturated rings. The van der Waals surface area contributed by atoms with E-state index in [1.807, 2.05) is 43.3 Å². The van der Waals surface area contributed by atoms with Crippen molar-refractivity contribution in [1.82, 2.24) is 5.43 Å². The number of benzene rings is 2. The lowest BCUT2D eigenvalue weighted by Crippen LogP contribution is -2.27. The number of amides is 1. The first-order valence-corrected chi connectivity index (χ1v) is 9.26. The third-order valence-electron chi connectivity index (χ3n) is 3.28. The first-order valence-electron chi connectivity index (χ1n) is 7.42. The van der Waals surface area contributed by atoms with Crippen LogP contribution >= 0.6 is 27.7 Å². The molecular formula is C18H19BrN2O2S. The number of thioether (sulfide) groups is 1. The van der Waals surface area contributed by atoms with Crippen molar-refractivity contribution in [1.29, 1.82) is 0 Å². The minimum atomic E-state index is -0.188. The summed E-state index contributed by atoms with van der Waals surface area (Å²) in [7, 11) is 1.60. The molecule has 6 heteroatoms. The van der Waals surface area contributed by atoms with Gasteiger partial charge in [0.15, 0.2) is 0 Å². The lowest BCUT2D eigenvalue weighted by Gasteiger charge is -2.09. The molecule has 1 amide bonds. The molecule has 1 atom stereocenters. The molecule has 0 aliphatic rings. The zero-order chi connectivity index (χ0) is 17.4. The van der Waals surface area contributed by atoms with Gasteiger partial charge >= 0.3 is 0 Å². The SMILES string of the molecule is COc1ccc(Br)cc1C=NNC(=O)C(C)SCc1ccccc1. The second kappa shape index (κ2) is 9.49. The molecule has 2 aromatic rings. The zero-order valence-corrected chi connectivity index (χ0v) is 15.9. The van der Waals surface area contributed by atoms with Gasteiger partial charge in [0.05, 0.1) is 18.6 Å². The standard InChI is InChI=1S/C18H19BrN2O2S/c1-13(24-12-14-6-4-3-5-7-14)18(22)21-20-11-15-10-16(19)8-9-17(15)23-2/h3-11,13H,12H2,1-2H3,(H,21,22). The Balaban J connectivity index is 1.87. The summed E-state index contributed by atoms with van der Waals surface area (Å²) in [5, 5.41) is 3.84. The predicted octanol–water partition coefficient (Wildman–Crippen LogP) is 4.23. The van der Waals surface area contributed by atoms with Crippen LogP contribution in [0, 0.1) is 0 Å². The highest BCUT2D eigenvalue weighted by molar-refractivity contribution is 9.10. The summed E-state index contributed by atoms with van der Waals surface area (Å²) in [5.41, 5.74) is 4.56. The lowest BCUT2D eigenvalue weighted by molar-refractivity contribution is -0.120. The second-order valence-corrected chi connectivity index (χ2v) is 7.30. The van der Waals surface area contributed by atoms with Gasteiger partial charge in [-0.05, 0) is 30.7 Å². The molecular weight excluding hydrogens is 388 g/mol. The van der Waals surface area contributed by atoms with Gasteiger partial charge in [0.25, 0.3) is 5.91 Å². The number of nitrogens with zero attached hydrogens (tertiary/aromatic N) is 1. The molecule has 0 spiro atoms. The van der Waals surface area contributed by atoms with Crippen LogP contribution in [0.3, 0.4) is 0 Å². The third kappa shape index (κ3) is 5.69. The molecule has 0 heterocycles. The van der Waals surface area contributed by atoms with Gasteiger partial charge in [0.1, 0.15) is 5.75 Å². The predicted molar refractivity (Wildman–Crippen MR) is 104 cm³/mol. The van der Waals surface area contributed by atoms with Crippen molar-refractivity contribution in [3.8, 4) is 5.75 Å². The summed E-state index contributed by atoms with van der Waals surface area (Å²) < 4.78 is 6.18. The monoisotopic (exact) mass is 406 g/mol. The Morgan fingerprint density at radius 1 is 1.33 bits per heavy atom. The molecule has 4 nitrogen and oxygen atoms in total. The molecule has 0 bridgehead atoms. The molecule has 0 aliphatic heterocycles. The number of carbonyl (C=O) groups is 1. The van der Waals surface area contributed by atoms with E-state index >= 15 is 0 Å². The summed E-state index contributed by atoms with van der Waals surface area (Å²) in [6.45, 7) is 1.87. The van der Waals surface area contributed by atoms with Crippen LogP contribution in [0.15, 0.2) is 58.1 Å². The molecule has 0 saturated carbocycles. The summed E-state index contributed by atoms with van der Waals surface area (Å²) in [5.74, 6) is 1.36. The number of nitrogens with one attached hydrogen (secondary N) is 1.